The van der Waals surface area contributed by atoms with Crippen LogP contribution in [0.4, 0.5) is 0 Å². The van der Waals surface area contributed by atoms with Crippen LogP contribution in [0.5, 0.6) is 0 Å². The second-order valence-electron chi connectivity index (χ2n) is 9.34. The number of hydrogen-bond acceptors (Lipinski definition) is 3. The lowest BCUT2D eigenvalue weighted by atomic mass is 9.42. The summed E-state index contributed by atoms with van der Waals surface area (Å²) in [5, 5.41) is 20.6. The van der Waals surface area contributed by atoms with Gasteiger partial charge in [-0.2, -0.15) is 0 Å². The van der Waals surface area contributed by atoms with Crippen molar-refractivity contribution in [1.82, 2.24) is 0 Å². The summed E-state index contributed by atoms with van der Waals surface area (Å²) in [6, 6.07) is 0. The van der Waals surface area contributed by atoms with E-state index in [1.54, 1.807) is 0 Å². The smallest absolute Gasteiger partial charge is 0.197 e. The predicted octanol–water partition coefficient (Wildman–Crippen LogP) is 4.62. The van der Waals surface area contributed by atoms with E-state index in [4.69, 9.17) is 11.6 Å². The molecule has 6 atom stereocenters. The number of hydrogen-bond donors (Lipinski definition) is 2. The number of aliphatic hydroxyl groups is 2. The number of Topliss-reactive ketones (excluding diaryl/α,β-unsaturated/α-hetero) is 1. The molecule has 3 aliphatic carbocycles. The van der Waals surface area contributed by atoms with Gasteiger partial charge in [-0.05, 0) is 72.7 Å². The van der Waals surface area contributed by atoms with E-state index in [1.165, 1.54) is 0 Å². The topological polar surface area (TPSA) is 57.5 Å². The molecule has 0 radical (unpaired) electrons. The Kier molecular flexibility index (Phi) is 4.36. The third-order valence-corrected chi connectivity index (χ3v) is 8.57. The van der Waals surface area contributed by atoms with Crippen molar-refractivity contribution in [2.75, 3.05) is 5.88 Å². The summed E-state index contributed by atoms with van der Waals surface area (Å²) in [5.74, 6) is 0.993. The second kappa shape index (κ2) is 5.74. The number of aliphatic hydroxyl groups excluding tert-OH is 2. The van der Waals surface area contributed by atoms with Crippen molar-refractivity contribution in [3.63, 3.8) is 0 Å². The van der Waals surface area contributed by atoms with Crippen LogP contribution in [-0.2, 0) is 4.79 Å². The highest BCUT2D eigenvalue weighted by Crippen LogP contribution is 2.66. The molecule has 2 fully saturated rings. The highest BCUT2D eigenvalue weighted by Gasteiger charge is 2.60. The fourth-order valence-corrected chi connectivity index (χ4v) is 6.45. The van der Waals surface area contributed by atoms with Gasteiger partial charge in [0.05, 0.1) is 6.10 Å². The summed E-state index contributed by atoms with van der Waals surface area (Å²) >= 11 is 5.94. The van der Waals surface area contributed by atoms with E-state index >= 15 is 0 Å². The molecular formula is C20H31ClO3. The van der Waals surface area contributed by atoms with Gasteiger partial charge in [-0.3, -0.25) is 4.79 Å². The lowest BCUT2D eigenvalue weighted by Crippen LogP contribution is -2.56. The van der Waals surface area contributed by atoms with Crippen LogP contribution in [-0.4, -0.2) is 28.0 Å². The highest BCUT2D eigenvalue weighted by molar-refractivity contribution is 6.18. The third-order valence-electron chi connectivity index (χ3n) is 8.27. The third kappa shape index (κ3) is 2.38. The molecule has 0 unspecified atom stereocenters. The Hall–Kier alpha value is -0.540. The van der Waals surface area contributed by atoms with E-state index < -0.39 is 6.10 Å². The standard InChI is InChI=1S/C20H31ClO3/c1-12-17(24)14(22)9-15-19(12,3)6-5-13-10-18(2,16(23)11-21)7-8-20(13,15)4/h13,15-16,23-24H,5-11H2,1-4H3/t13-,15-,16+,18-,19+,20-/m0/s1. The fourth-order valence-electron chi connectivity index (χ4n) is 6.08. The van der Waals surface area contributed by atoms with Gasteiger partial charge in [0, 0.05) is 12.3 Å². The molecule has 0 bridgehead atoms. The van der Waals surface area contributed by atoms with Gasteiger partial charge in [-0.1, -0.05) is 20.8 Å². The Balaban J connectivity index is 1.95. The van der Waals surface area contributed by atoms with E-state index in [2.05, 4.69) is 20.8 Å². The number of alkyl halides is 1. The Labute approximate surface area is 150 Å². The van der Waals surface area contributed by atoms with Crippen LogP contribution in [0.3, 0.4) is 0 Å². The molecule has 4 heteroatoms. The summed E-state index contributed by atoms with van der Waals surface area (Å²) in [4.78, 5) is 12.3. The van der Waals surface area contributed by atoms with Crippen LogP contribution in [0, 0.1) is 28.1 Å². The van der Waals surface area contributed by atoms with Crippen molar-refractivity contribution in [2.24, 2.45) is 28.1 Å². The minimum Gasteiger partial charge on any atom is -0.504 e. The van der Waals surface area contributed by atoms with Crippen molar-refractivity contribution in [1.29, 1.82) is 0 Å². The minimum atomic E-state index is -0.462. The first-order valence-corrected chi connectivity index (χ1v) is 9.79. The van der Waals surface area contributed by atoms with Crippen LogP contribution >= 0.6 is 11.6 Å². The van der Waals surface area contributed by atoms with Crippen molar-refractivity contribution in [2.45, 2.75) is 72.3 Å². The van der Waals surface area contributed by atoms with Gasteiger partial charge in [0.15, 0.2) is 11.5 Å². The van der Waals surface area contributed by atoms with Gasteiger partial charge < -0.3 is 10.2 Å². The quantitative estimate of drug-likeness (QED) is 0.711. The first kappa shape index (κ1) is 18.3. The molecule has 0 aliphatic heterocycles. The minimum absolute atomic E-state index is 0.00834. The molecule has 0 spiro atoms. The summed E-state index contributed by atoms with van der Waals surface area (Å²) in [5.41, 5.74) is 0.779. The maximum absolute atomic E-state index is 12.3. The maximum atomic E-state index is 12.3. The van der Waals surface area contributed by atoms with Crippen LogP contribution < -0.4 is 0 Å². The molecule has 0 aromatic carbocycles. The molecule has 2 N–H and O–H groups in total. The predicted molar refractivity (Wildman–Crippen MR) is 96.1 cm³/mol. The molecule has 0 amide bonds. The molecule has 24 heavy (non-hydrogen) atoms. The van der Waals surface area contributed by atoms with Gasteiger partial charge in [0.25, 0.3) is 0 Å². The summed E-state index contributed by atoms with van der Waals surface area (Å²) in [6.07, 6.45) is 5.04. The molecule has 0 aromatic heterocycles. The number of carbonyl (C=O) groups is 1. The molecule has 0 heterocycles. The number of halogens is 1. The van der Waals surface area contributed by atoms with Gasteiger partial charge in [0.1, 0.15) is 0 Å². The van der Waals surface area contributed by atoms with E-state index in [0.29, 0.717) is 12.3 Å². The number of ketones is 1. The van der Waals surface area contributed by atoms with Crippen molar-refractivity contribution < 1.29 is 15.0 Å². The molecule has 3 rings (SSSR count). The SMILES string of the molecule is CC1=C(O)C(=O)C[C@@H]2[C@@]3(C)CC[C@](C)([C@H](O)CCl)C[C@@H]3CC[C@]12C. The van der Waals surface area contributed by atoms with E-state index in [9.17, 15) is 15.0 Å². The van der Waals surface area contributed by atoms with Gasteiger partial charge >= 0.3 is 0 Å². The van der Waals surface area contributed by atoms with E-state index in [1.807, 2.05) is 6.92 Å². The maximum Gasteiger partial charge on any atom is 0.197 e. The molecular weight excluding hydrogens is 324 g/mol. The normalized spacial score (nSPS) is 47.2. The van der Waals surface area contributed by atoms with E-state index in [0.717, 1.165) is 37.7 Å². The average molecular weight is 355 g/mol. The number of rotatable bonds is 2. The Morgan fingerprint density at radius 3 is 2.54 bits per heavy atom. The van der Waals surface area contributed by atoms with Gasteiger partial charge in [-0.25, -0.2) is 0 Å². The van der Waals surface area contributed by atoms with Crippen molar-refractivity contribution >= 4 is 17.4 Å². The Bertz CT molecular complexity index is 585. The zero-order valence-electron chi connectivity index (χ0n) is 15.4. The van der Waals surface area contributed by atoms with Crippen LogP contribution in [0.25, 0.3) is 0 Å². The number of carbonyl (C=O) groups excluding carboxylic acids is 1. The molecule has 2 saturated carbocycles. The van der Waals surface area contributed by atoms with Crippen LogP contribution in [0.2, 0.25) is 0 Å². The fraction of sp³-hybridized carbons (Fsp3) is 0.850. The molecule has 136 valence electrons. The zero-order chi connectivity index (χ0) is 17.9. The Morgan fingerprint density at radius 1 is 1.25 bits per heavy atom. The molecule has 0 aromatic rings. The summed E-state index contributed by atoms with van der Waals surface area (Å²) < 4.78 is 0. The lowest BCUT2D eigenvalue weighted by Gasteiger charge is -2.62. The first-order valence-electron chi connectivity index (χ1n) is 9.26. The van der Waals surface area contributed by atoms with Crippen molar-refractivity contribution in [3.05, 3.63) is 11.3 Å². The monoisotopic (exact) mass is 354 g/mol. The van der Waals surface area contributed by atoms with Gasteiger partial charge in [0.2, 0.25) is 0 Å². The molecule has 0 saturated heterocycles. The first-order chi connectivity index (χ1) is 11.1. The molecule has 3 nitrogen and oxygen atoms in total. The number of allylic oxidation sites excluding steroid dienone is 2. The lowest BCUT2D eigenvalue weighted by molar-refractivity contribution is -0.141. The van der Waals surface area contributed by atoms with Crippen LogP contribution in [0.1, 0.15) is 66.2 Å². The van der Waals surface area contributed by atoms with Crippen LogP contribution in [0.15, 0.2) is 11.3 Å². The Morgan fingerprint density at radius 2 is 1.92 bits per heavy atom. The second-order valence-corrected chi connectivity index (χ2v) is 9.65. The van der Waals surface area contributed by atoms with Gasteiger partial charge in [-0.15, -0.1) is 11.6 Å². The number of fused-ring (bicyclic) bond motifs is 3. The zero-order valence-corrected chi connectivity index (χ0v) is 16.1. The highest BCUT2D eigenvalue weighted by atomic mass is 35.5. The molecule has 3 aliphatic rings. The van der Waals surface area contributed by atoms with Crippen molar-refractivity contribution in [3.8, 4) is 0 Å². The summed E-state index contributed by atoms with van der Waals surface area (Å²) in [7, 11) is 0. The largest absolute Gasteiger partial charge is 0.504 e. The van der Waals surface area contributed by atoms with E-state index in [-0.39, 0.29) is 39.6 Å². The summed E-state index contributed by atoms with van der Waals surface area (Å²) in [6.45, 7) is 8.68. The average Bonchev–Trinajstić information content (AvgIpc) is 2.56.